The Kier molecular flexibility index (Phi) is 15.2. The third-order valence-electron chi connectivity index (χ3n) is 22.0. The first kappa shape index (κ1) is 54.1. The average Bonchev–Trinajstić information content (AvgIpc) is 3.70. The molecule has 10 rings (SSSR count). The van der Waals surface area contributed by atoms with Gasteiger partial charge in [0.05, 0.1) is 65.3 Å². The lowest BCUT2D eigenvalue weighted by Crippen LogP contribution is -2.73. The van der Waals surface area contributed by atoms with Crippen LogP contribution in [0.1, 0.15) is 162 Å². The summed E-state index contributed by atoms with van der Waals surface area (Å²) in [6, 6.07) is 0. The second kappa shape index (κ2) is 20.5. The van der Waals surface area contributed by atoms with Gasteiger partial charge in [-0.05, 0) is 162 Å². The van der Waals surface area contributed by atoms with Crippen molar-refractivity contribution in [1.82, 2.24) is 10.6 Å². The summed E-state index contributed by atoms with van der Waals surface area (Å²) >= 11 is 0. The lowest BCUT2D eigenvalue weighted by atomic mass is 9.39. The van der Waals surface area contributed by atoms with Crippen molar-refractivity contribution < 1.29 is 60.6 Å². The number of carbonyl (C=O) groups is 1. The summed E-state index contributed by atoms with van der Waals surface area (Å²) in [5.41, 5.74) is -2.29. The molecule has 0 radical (unpaired) electrons. The molecule has 0 bridgehead atoms. The van der Waals surface area contributed by atoms with Crippen molar-refractivity contribution >= 4 is 5.78 Å². The number of carbonyl (C=O) groups excluding carboxylic acids is 1. The lowest BCUT2D eigenvalue weighted by molar-refractivity contribution is -0.267. The van der Waals surface area contributed by atoms with Crippen LogP contribution in [-0.4, -0.2) is 142 Å². The lowest BCUT2D eigenvalue weighted by Gasteiger charge is -2.67. The molecule has 2 heterocycles. The van der Waals surface area contributed by atoms with Crippen molar-refractivity contribution in [2.45, 2.75) is 227 Å². The Labute approximate surface area is 432 Å². The molecule has 0 aromatic rings. The molecule has 20 atom stereocenters. The first-order valence-electron chi connectivity index (χ1n) is 29.0. The summed E-state index contributed by atoms with van der Waals surface area (Å²) in [7, 11) is 0. The van der Waals surface area contributed by atoms with Crippen molar-refractivity contribution in [3.8, 4) is 0 Å². The highest BCUT2D eigenvalue weighted by atomic mass is 16.5. The number of aliphatic hydroxyl groups excluding tert-OH is 6. The van der Waals surface area contributed by atoms with E-state index in [9.17, 15) is 51.1 Å². The van der Waals surface area contributed by atoms with Crippen LogP contribution < -0.4 is 16.4 Å². The van der Waals surface area contributed by atoms with Gasteiger partial charge in [-0.3, -0.25) is 4.79 Å². The van der Waals surface area contributed by atoms with Gasteiger partial charge in [-0.25, -0.2) is 0 Å². The predicted octanol–water partition coefficient (Wildman–Crippen LogP) is 3.80. The summed E-state index contributed by atoms with van der Waals surface area (Å²) < 4.78 is 7.04. The molecule has 0 amide bonds. The highest BCUT2D eigenvalue weighted by Gasteiger charge is 2.79. The van der Waals surface area contributed by atoms with Gasteiger partial charge in [0.15, 0.2) is 5.78 Å². The van der Waals surface area contributed by atoms with Gasteiger partial charge in [-0.1, -0.05) is 63.7 Å². The van der Waals surface area contributed by atoms with Crippen LogP contribution in [0.25, 0.3) is 0 Å². The second-order valence-corrected chi connectivity index (χ2v) is 25.7. The number of hydrogen-bond acceptors (Lipinski definition) is 15. The van der Waals surface area contributed by atoms with Gasteiger partial charge >= 0.3 is 0 Å². The number of rotatable bonds is 14. The molecule has 73 heavy (non-hydrogen) atoms. The summed E-state index contributed by atoms with van der Waals surface area (Å²) in [6.07, 6.45) is 14.3. The maximum Gasteiger partial charge on any atom is 0.182 e. The number of fused-ring (bicyclic) bond motifs is 5. The van der Waals surface area contributed by atoms with Crippen LogP contribution in [0.15, 0.2) is 46.8 Å². The smallest absolute Gasteiger partial charge is 0.182 e. The van der Waals surface area contributed by atoms with Gasteiger partial charge < -0.3 is 72.2 Å². The molecule has 410 valence electrons. The van der Waals surface area contributed by atoms with Crippen molar-refractivity contribution in [2.24, 2.45) is 63.9 Å². The normalized spacial score (nSPS) is 47.0. The minimum atomic E-state index is -2.03. The zero-order chi connectivity index (χ0) is 51.9. The molecule has 6 saturated carbocycles. The molecule has 1 spiro atoms. The topological polar surface area (TPSA) is 279 Å². The van der Waals surface area contributed by atoms with Crippen LogP contribution >= 0.6 is 0 Å². The van der Waals surface area contributed by atoms with Gasteiger partial charge in [0.25, 0.3) is 0 Å². The highest BCUT2D eigenvalue weighted by Crippen LogP contribution is 2.75. The van der Waals surface area contributed by atoms with Crippen LogP contribution in [0.5, 0.6) is 0 Å². The average molecular weight is 1020 g/mol. The number of ketones is 1. The van der Waals surface area contributed by atoms with E-state index in [1.54, 1.807) is 13.0 Å². The van der Waals surface area contributed by atoms with Crippen molar-refractivity contribution in [1.29, 1.82) is 0 Å². The number of nitrogens with two attached hydrogens (primary N) is 1. The summed E-state index contributed by atoms with van der Waals surface area (Å²) in [5, 5.41) is 132. The van der Waals surface area contributed by atoms with Crippen molar-refractivity contribution in [3.05, 3.63) is 46.8 Å². The summed E-state index contributed by atoms with van der Waals surface area (Å²) in [4.78, 5) is 16.0. The molecular weight excluding hydrogens is 931 g/mol. The number of nitrogens with one attached hydrogen (secondary N) is 2. The standard InChI is InChI=1S/C58H91N3O12/c1-3-9-33-14-16-37-44(18-15-33)73-52-47(37)40(64)13-7-22-58(52,72)53(2,69)45-21-24-57(71)48-49(60-31-43(67)34-10-5-4-6-11-34)50(68)38-28-41(65)42(66)30-54(38)29-35(36-17-19-46(59)61-39(36)12-8-26-62)20-23-56(70,51(48)54)32-55(45,57)25-27-63/h17,19-20,23,33-35,37-38,40-47,51-52,60-67,69-72H,3-16,18,21-22,24-32,59H2,1-2H3/t33-,35+,37+,38-,40-,41+,42-,43-,44+,45+,46?,47+,51-,52+,53+,54-,55+,56+,57+,58+/m0/s1. The van der Waals surface area contributed by atoms with Gasteiger partial charge in [0.2, 0.25) is 0 Å². The first-order chi connectivity index (χ1) is 34.8. The number of dihydropyridines is 1. The summed E-state index contributed by atoms with van der Waals surface area (Å²) in [6.45, 7) is 3.33. The number of aliphatic hydroxyl groups is 10. The van der Waals surface area contributed by atoms with Crippen LogP contribution in [0.4, 0.5) is 0 Å². The van der Waals surface area contributed by atoms with Gasteiger partial charge in [0, 0.05) is 54.5 Å². The molecule has 2 aliphatic heterocycles. The Morgan fingerprint density at radius 3 is 2.42 bits per heavy atom. The van der Waals surface area contributed by atoms with Crippen LogP contribution in [0.2, 0.25) is 0 Å². The Morgan fingerprint density at radius 1 is 0.918 bits per heavy atom. The fourth-order valence-corrected chi connectivity index (χ4v) is 18.7. The molecule has 1 unspecified atom stereocenters. The van der Waals surface area contributed by atoms with Crippen LogP contribution in [0, 0.1) is 58.2 Å². The van der Waals surface area contributed by atoms with E-state index in [0.29, 0.717) is 31.6 Å². The predicted molar refractivity (Wildman–Crippen MR) is 273 cm³/mol. The zero-order valence-electron chi connectivity index (χ0n) is 43.7. The number of hydrogen-bond donors (Lipinski definition) is 13. The summed E-state index contributed by atoms with van der Waals surface area (Å²) in [5.74, 6) is -3.68. The Hall–Kier alpha value is -2.25. The Bertz CT molecular complexity index is 2160. The monoisotopic (exact) mass is 1020 g/mol. The van der Waals surface area contributed by atoms with E-state index in [1.165, 1.54) is 0 Å². The number of Topliss-reactive ketones (excluding diaryl/α,β-unsaturated/α-hetero) is 1. The van der Waals surface area contributed by atoms with Crippen molar-refractivity contribution in [2.75, 3.05) is 19.8 Å². The van der Waals surface area contributed by atoms with E-state index in [-0.39, 0.29) is 99.5 Å². The minimum Gasteiger partial charge on any atom is -0.396 e. The van der Waals surface area contributed by atoms with Crippen LogP contribution in [0.3, 0.4) is 0 Å². The van der Waals surface area contributed by atoms with Gasteiger partial charge in [0.1, 0.15) is 5.60 Å². The van der Waals surface area contributed by atoms with E-state index in [1.807, 2.05) is 18.2 Å². The Balaban J connectivity index is 1.14. The van der Waals surface area contributed by atoms with Crippen molar-refractivity contribution in [3.63, 3.8) is 0 Å². The maximum absolute atomic E-state index is 16.0. The van der Waals surface area contributed by atoms with Gasteiger partial charge in [-0.2, -0.15) is 0 Å². The third-order valence-corrected chi connectivity index (χ3v) is 22.0. The van der Waals surface area contributed by atoms with E-state index >= 15 is 4.79 Å². The third kappa shape index (κ3) is 8.71. The highest BCUT2D eigenvalue weighted by molar-refractivity contribution is 6.00. The molecule has 8 aliphatic carbocycles. The first-order valence-corrected chi connectivity index (χ1v) is 29.0. The van der Waals surface area contributed by atoms with E-state index in [4.69, 9.17) is 10.5 Å². The molecule has 14 N–H and O–H groups in total. The number of ether oxygens (including phenoxy) is 1. The van der Waals surface area contributed by atoms with Crippen LogP contribution in [-0.2, 0) is 9.53 Å². The number of allylic oxidation sites excluding steroid dienone is 5. The molecule has 0 aromatic carbocycles. The minimum absolute atomic E-state index is 0.00416. The molecule has 7 fully saturated rings. The van der Waals surface area contributed by atoms with Gasteiger partial charge in [-0.15, -0.1) is 0 Å². The molecule has 0 aromatic heterocycles. The zero-order valence-corrected chi connectivity index (χ0v) is 43.7. The van der Waals surface area contributed by atoms with E-state index in [2.05, 4.69) is 17.6 Å². The molecule has 15 heteroatoms. The fourth-order valence-electron chi connectivity index (χ4n) is 18.7. The molecular formula is C58H91N3O12. The fraction of sp³-hybridized carbons (Fsp3) is 0.845. The van der Waals surface area contributed by atoms with E-state index in [0.717, 1.165) is 81.9 Å². The molecule has 15 nitrogen and oxygen atoms in total. The maximum atomic E-state index is 16.0. The molecule has 1 saturated heterocycles. The quantitative estimate of drug-likeness (QED) is 0.110. The Morgan fingerprint density at radius 2 is 1.68 bits per heavy atom. The van der Waals surface area contributed by atoms with E-state index < -0.39 is 106 Å². The molecule has 10 aliphatic rings. The SMILES string of the molecule is CCC[C@H]1CC[C@H]2[C@H]3[C@@H](O[C@@H]2CC1)[C@@](O)([C@](C)(O)[C@H]1CC[C@@]2(O)C4=C(NC[C@H](O)C5CCCCC5)C(=O)[C@@H]5C[C@@H](O)[C@@H](O)C[C@@]56C[C@H](C5=C(CCCO)NC(N)C=C5)C=C[C@@](O)(C[C@]12CCO)[C@@H]46)CCC[C@@H]3O. The second-order valence-electron chi connectivity index (χ2n) is 25.7. The largest absolute Gasteiger partial charge is 0.396 e.